The Hall–Kier alpha value is -1.75. The molecule has 1 heterocycles. The van der Waals surface area contributed by atoms with Gasteiger partial charge in [0.15, 0.2) is 5.82 Å². The van der Waals surface area contributed by atoms with Gasteiger partial charge in [-0.1, -0.05) is 24.1 Å². The van der Waals surface area contributed by atoms with Gasteiger partial charge in [-0.25, -0.2) is 4.39 Å². The van der Waals surface area contributed by atoms with Crippen molar-refractivity contribution in [1.29, 1.82) is 0 Å². The molecule has 1 aromatic heterocycles. The number of rotatable bonds is 2. The summed E-state index contributed by atoms with van der Waals surface area (Å²) in [5.41, 5.74) is 6.92. The molecule has 0 radical (unpaired) electrons. The molecule has 1 aromatic carbocycles. The third-order valence-corrected chi connectivity index (χ3v) is 3.72. The SMILES string of the molecule is Cc1ccc(-c2nc(C3(N)CCCC3)no2)c(F)c1. The predicted octanol–water partition coefficient (Wildman–Crippen LogP) is 2.91. The van der Waals surface area contributed by atoms with Gasteiger partial charge < -0.3 is 10.3 Å². The molecule has 5 heteroatoms. The van der Waals surface area contributed by atoms with Crippen LogP contribution in [0.3, 0.4) is 0 Å². The van der Waals surface area contributed by atoms with E-state index >= 15 is 0 Å². The highest BCUT2D eigenvalue weighted by molar-refractivity contribution is 5.54. The van der Waals surface area contributed by atoms with E-state index in [-0.39, 0.29) is 11.7 Å². The number of aromatic nitrogens is 2. The van der Waals surface area contributed by atoms with Crippen LogP contribution in [0.4, 0.5) is 4.39 Å². The minimum absolute atomic E-state index is 0.198. The van der Waals surface area contributed by atoms with Crippen molar-refractivity contribution in [2.75, 3.05) is 0 Å². The third-order valence-electron chi connectivity index (χ3n) is 3.72. The van der Waals surface area contributed by atoms with Gasteiger partial charge in [-0.3, -0.25) is 0 Å². The zero-order valence-electron chi connectivity index (χ0n) is 10.8. The van der Waals surface area contributed by atoms with Gasteiger partial charge >= 0.3 is 0 Å². The van der Waals surface area contributed by atoms with Crippen LogP contribution in [0, 0.1) is 12.7 Å². The summed E-state index contributed by atoms with van der Waals surface area (Å²) in [5.74, 6) is 0.330. The van der Waals surface area contributed by atoms with Crippen molar-refractivity contribution >= 4 is 0 Å². The Morgan fingerprint density at radius 3 is 2.74 bits per heavy atom. The quantitative estimate of drug-likeness (QED) is 0.902. The predicted molar refractivity (Wildman–Crippen MR) is 68.8 cm³/mol. The molecule has 1 fully saturated rings. The van der Waals surface area contributed by atoms with Crippen LogP contribution in [0.25, 0.3) is 11.5 Å². The monoisotopic (exact) mass is 261 g/mol. The fourth-order valence-corrected chi connectivity index (χ4v) is 2.56. The van der Waals surface area contributed by atoms with E-state index in [1.807, 2.05) is 13.0 Å². The van der Waals surface area contributed by atoms with Gasteiger partial charge in [0.05, 0.1) is 11.1 Å². The maximum Gasteiger partial charge on any atom is 0.260 e. The molecule has 1 saturated carbocycles. The Morgan fingerprint density at radius 1 is 1.32 bits per heavy atom. The molecule has 0 spiro atoms. The standard InChI is InChI=1S/C14H16FN3O/c1-9-4-5-10(11(15)8-9)12-17-13(18-19-12)14(16)6-2-3-7-14/h4-5,8H,2-3,6-7,16H2,1H3. The van der Waals surface area contributed by atoms with E-state index in [0.717, 1.165) is 31.2 Å². The van der Waals surface area contributed by atoms with Gasteiger partial charge in [0.25, 0.3) is 5.89 Å². The van der Waals surface area contributed by atoms with Gasteiger partial charge in [-0.2, -0.15) is 4.98 Å². The van der Waals surface area contributed by atoms with Crippen molar-refractivity contribution < 1.29 is 8.91 Å². The molecule has 1 aliphatic rings. The van der Waals surface area contributed by atoms with Crippen LogP contribution in [0.5, 0.6) is 0 Å². The topological polar surface area (TPSA) is 64.9 Å². The first-order valence-corrected chi connectivity index (χ1v) is 6.48. The Bertz CT molecular complexity index is 602. The number of nitrogens with zero attached hydrogens (tertiary/aromatic N) is 2. The fraction of sp³-hybridized carbons (Fsp3) is 0.429. The molecule has 4 nitrogen and oxygen atoms in total. The summed E-state index contributed by atoms with van der Waals surface area (Å²) in [6.45, 7) is 1.83. The molecule has 2 aromatic rings. The van der Waals surface area contributed by atoms with Crippen molar-refractivity contribution in [3.05, 3.63) is 35.4 Å². The van der Waals surface area contributed by atoms with Crippen LogP contribution in [0.2, 0.25) is 0 Å². The second-order valence-electron chi connectivity index (χ2n) is 5.27. The molecule has 1 aliphatic carbocycles. The molecular weight excluding hydrogens is 245 g/mol. The number of nitrogens with two attached hydrogens (primary N) is 1. The smallest absolute Gasteiger partial charge is 0.260 e. The van der Waals surface area contributed by atoms with Gasteiger partial charge in [-0.15, -0.1) is 0 Å². The molecule has 0 bridgehead atoms. The Morgan fingerprint density at radius 2 is 2.05 bits per heavy atom. The molecule has 3 rings (SSSR count). The highest BCUT2D eigenvalue weighted by Gasteiger charge is 2.36. The number of halogens is 1. The van der Waals surface area contributed by atoms with Crippen LogP contribution in [0.15, 0.2) is 22.7 Å². The average Bonchev–Trinajstić information content (AvgIpc) is 2.99. The van der Waals surface area contributed by atoms with Crippen LogP contribution in [-0.4, -0.2) is 10.1 Å². The summed E-state index contributed by atoms with van der Waals surface area (Å²) in [6, 6.07) is 4.92. The minimum Gasteiger partial charge on any atom is -0.334 e. The molecular formula is C14H16FN3O. The van der Waals surface area contributed by atoms with E-state index in [4.69, 9.17) is 10.3 Å². The summed E-state index contributed by atoms with van der Waals surface area (Å²) in [5, 5.41) is 3.93. The Labute approximate surface area is 110 Å². The molecule has 0 unspecified atom stereocenters. The van der Waals surface area contributed by atoms with Crippen LogP contribution in [0.1, 0.15) is 37.1 Å². The first-order valence-electron chi connectivity index (χ1n) is 6.48. The summed E-state index contributed by atoms with van der Waals surface area (Å²) in [4.78, 5) is 4.28. The molecule has 0 amide bonds. The largest absolute Gasteiger partial charge is 0.334 e. The zero-order chi connectivity index (χ0) is 13.5. The van der Waals surface area contributed by atoms with Gasteiger partial charge in [-0.05, 0) is 37.5 Å². The first-order chi connectivity index (χ1) is 9.08. The zero-order valence-corrected chi connectivity index (χ0v) is 10.8. The molecule has 19 heavy (non-hydrogen) atoms. The second-order valence-corrected chi connectivity index (χ2v) is 5.27. The van der Waals surface area contributed by atoms with Crippen LogP contribution < -0.4 is 5.73 Å². The lowest BCUT2D eigenvalue weighted by atomic mass is 9.98. The lowest BCUT2D eigenvalue weighted by molar-refractivity contribution is 0.372. The first kappa shape index (κ1) is 12.3. The van der Waals surface area contributed by atoms with E-state index in [2.05, 4.69) is 10.1 Å². The number of hydrogen-bond acceptors (Lipinski definition) is 4. The molecule has 0 atom stereocenters. The summed E-state index contributed by atoms with van der Waals surface area (Å²) in [7, 11) is 0. The van der Waals surface area contributed by atoms with Crippen molar-refractivity contribution in [3.63, 3.8) is 0 Å². The Balaban J connectivity index is 1.97. The van der Waals surface area contributed by atoms with Crippen LogP contribution >= 0.6 is 0 Å². The fourth-order valence-electron chi connectivity index (χ4n) is 2.56. The summed E-state index contributed by atoms with van der Waals surface area (Å²) < 4.78 is 19.0. The lowest BCUT2D eigenvalue weighted by Gasteiger charge is -2.17. The molecule has 0 saturated heterocycles. The second kappa shape index (κ2) is 4.42. The van der Waals surface area contributed by atoms with E-state index in [9.17, 15) is 4.39 Å². The normalized spacial score (nSPS) is 17.8. The lowest BCUT2D eigenvalue weighted by Crippen LogP contribution is -2.34. The van der Waals surface area contributed by atoms with Crippen molar-refractivity contribution in [2.45, 2.75) is 38.1 Å². The van der Waals surface area contributed by atoms with E-state index in [0.29, 0.717) is 11.4 Å². The minimum atomic E-state index is -0.511. The highest BCUT2D eigenvalue weighted by atomic mass is 19.1. The summed E-state index contributed by atoms with van der Waals surface area (Å²) >= 11 is 0. The van der Waals surface area contributed by atoms with E-state index in [1.165, 1.54) is 6.07 Å². The highest BCUT2D eigenvalue weighted by Crippen LogP contribution is 2.35. The molecule has 100 valence electrons. The summed E-state index contributed by atoms with van der Waals surface area (Å²) in [6.07, 6.45) is 3.84. The molecule has 0 aliphatic heterocycles. The average molecular weight is 261 g/mol. The van der Waals surface area contributed by atoms with E-state index < -0.39 is 5.54 Å². The van der Waals surface area contributed by atoms with Crippen LogP contribution in [-0.2, 0) is 5.54 Å². The molecule has 2 N–H and O–H groups in total. The Kier molecular flexibility index (Phi) is 2.86. The van der Waals surface area contributed by atoms with Crippen molar-refractivity contribution in [1.82, 2.24) is 10.1 Å². The maximum atomic E-state index is 13.9. The number of benzene rings is 1. The third kappa shape index (κ3) is 2.14. The van der Waals surface area contributed by atoms with Gasteiger partial charge in [0, 0.05) is 0 Å². The van der Waals surface area contributed by atoms with Crippen molar-refractivity contribution in [2.24, 2.45) is 5.73 Å². The number of aryl methyl sites for hydroxylation is 1. The van der Waals surface area contributed by atoms with E-state index in [1.54, 1.807) is 6.07 Å². The van der Waals surface area contributed by atoms with Gasteiger partial charge in [0.2, 0.25) is 0 Å². The maximum absolute atomic E-state index is 13.9. The van der Waals surface area contributed by atoms with Crippen molar-refractivity contribution in [3.8, 4) is 11.5 Å². The number of hydrogen-bond donors (Lipinski definition) is 1. The van der Waals surface area contributed by atoms with Gasteiger partial charge in [0.1, 0.15) is 5.82 Å².